The van der Waals surface area contributed by atoms with Crippen LogP contribution in [0.1, 0.15) is 13.8 Å². The van der Waals surface area contributed by atoms with Gasteiger partial charge in [-0.2, -0.15) is 0 Å². The summed E-state index contributed by atoms with van der Waals surface area (Å²) in [5.41, 5.74) is 4.54. The summed E-state index contributed by atoms with van der Waals surface area (Å²) in [4.78, 5) is 10.5. The maximum atomic E-state index is 10.5. The van der Waals surface area contributed by atoms with Crippen molar-refractivity contribution in [2.75, 3.05) is 0 Å². The molecular weight excluding hydrogens is 130 g/mol. The van der Waals surface area contributed by atoms with E-state index < -0.39 is 17.4 Å². The molecule has 0 saturated carbocycles. The van der Waals surface area contributed by atoms with Crippen LogP contribution in [-0.2, 0) is 4.79 Å². The first kappa shape index (κ1) is 9.17. The fraction of sp³-hybridized carbons (Fsp3) is 0.571. The third-order valence-electron chi connectivity index (χ3n) is 1.64. The van der Waals surface area contributed by atoms with Gasteiger partial charge in [0.05, 0.1) is 5.41 Å². The topological polar surface area (TPSA) is 63.3 Å². The van der Waals surface area contributed by atoms with E-state index in [2.05, 4.69) is 6.58 Å². The van der Waals surface area contributed by atoms with Crippen LogP contribution in [0.2, 0.25) is 0 Å². The smallest absolute Gasteiger partial charge is 0.310 e. The van der Waals surface area contributed by atoms with Crippen LogP contribution in [0.15, 0.2) is 12.7 Å². The second-order valence-corrected chi connectivity index (χ2v) is 2.79. The van der Waals surface area contributed by atoms with Crippen LogP contribution in [0.4, 0.5) is 0 Å². The highest BCUT2D eigenvalue weighted by Crippen LogP contribution is 2.19. The van der Waals surface area contributed by atoms with Gasteiger partial charge in [-0.05, 0) is 13.8 Å². The Morgan fingerprint density at radius 2 is 2.20 bits per heavy atom. The standard InChI is InChI=1S/C7H13NO2/c1-4-5(8)7(2,3)6(9)10/h4-5H,1,8H2,2-3H3,(H,9,10). The molecule has 0 aromatic carbocycles. The molecule has 10 heavy (non-hydrogen) atoms. The van der Waals surface area contributed by atoms with Crippen LogP contribution in [0.3, 0.4) is 0 Å². The van der Waals surface area contributed by atoms with Crippen molar-refractivity contribution in [1.29, 1.82) is 0 Å². The molecule has 0 heterocycles. The van der Waals surface area contributed by atoms with Gasteiger partial charge in [0, 0.05) is 6.04 Å². The van der Waals surface area contributed by atoms with Crippen LogP contribution in [0.5, 0.6) is 0 Å². The first-order valence-electron chi connectivity index (χ1n) is 3.04. The van der Waals surface area contributed by atoms with E-state index >= 15 is 0 Å². The van der Waals surface area contributed by atoms with Gasteiger partial charge in [-0.3, -0.25) is 4.79 Å². The molecule has 0 aliphatic carbocycles. The average Bonchev–Trinajstić information content (AvgIpc) is 1.86. The molecule has 0 spiro atoms. The summed E-state index contributed by atoms with van der Waals surface area (Å²) in [6.07, 6.45) is 1.44. The van der Waals surface area contributed by atoms with E-state index in [0.717, 1.165) is 0 Å². The predicted octanol–water partition coefficient (Wildman–Crippen LogP) is 0.611. The molecule has 3 N–H and O–H groups in total. The zero-order chi connectivity index (χ0) is 8.36. The highest BCUT2D eigenvalue weighted by molar-refractivity contribution is 5.74. The second kappa shape index (κ2) is 2.84. The number of hydrogen-bond acceptors (Lipinski definition) is 2. The molecule has 0 aromatic heterocycles. The Morgan fingerprint density at radius 3 is 2.30 bits per heavy atom. The van der Waals surface area contributed by atoms with Gasteiger partial charge in [0.25, 0.3) is 0 Å². The van der Waals surface area contributed by atoms with Gasteiger partial charge in [0.2, 0.25) is 0 Å². The number of hydrogen-bond donors (Lipinski definition) is 2. The molecule has 3 nitrogen and oxygen atoms in total. The molecule has 0 rings (SSSR count). The number of aliphatic carboxylic acids is 1. The van der Waals surface area contributed by atoms with E-state index in [9.17, 15) is 4.79 Å². The lowest BCUT2D eigenvalue weighted by atomic mass is 9.85. The Balaban J connectivity index is 4.38. The minimum Gasteiger partial charge on any atom is -0.481 e. The fourth-order valence-electron chi connectivity index (χ4n) is 0.437. The molecule has 0 aromatic rings. The van der Waals surface area contributed by atoms with Crippen LogP contribution in [-0.4, -0.2) is 17.1 Å². The van der Waals surface area contributed by atoms with Crippen LogP contribution in [0, 0.1) is 5.41 Å². The van der Waals surface area contributed by atoms with Gasteiger partial charge in [-0.1, -0.05) is 6.08 Å². The Labute approximate surface area is 60.5 Å². The molecule has 0 fully saturated rings. The largest absolute Gasteiger partial charge is 0.481 e. The average molecular weight is 143 g/mol. The molecule has 1 atom stereocenters. The van der Waals surface area contributed by atoms with Crippen molar-refractivity contribution in [2.24, 2.45) is 11.1 Å². The number of carboxylic acids is 1. The van der Waals surface area contributed by atoms with Crippen molar-refractivity contribution in [3.05, 3.63) is 12.7 Å². The zero-order valence-corrected chi connectivity index (χ0v) is 6.29. The Morgan fingerprint density at radius 1 is 1.80 bits per heavy atom. The van der Waals surface area contributed by atoms with Crippen molar-refractivity contribution >= 4 is 5.97 Å². The minimum atomic E-state index is -0.915. The third-order valence-corrected chi connectivity index (χ3v) is 1.64. The molecular formula is C7H13NO2. The number of carboxylic acid groups (broad SMARTS) is 1. The van der Waals surface area contributed by atoms with E-state index in [1.165, 1.54) is 6.08 Å². The van der Waals surface area contributed by atoms with Crippen LogP contribution >= 0.6 is 0 Å². The lowest BCUT2D eigenvalue weighted by molar-refractivity contribution is -0.147. The highest BCUT2D eigenvalue weighted by atomic mass is 16.4. The minimum absolute atomic E-state index is 0.495. The summed E-state index contributed by atoms with van der Waals surface area (Å²) in [5, 5.41) is 8.62. The van der Waals surface area contributed by atoms with Gasteiger partial charge in [0.1, 0.15) is 0 Å². The van der Waals surface area contributed by atoms with E-state index in [1.54, 1.807) is 13.8 Å². The van der Waals surface area contributed by atoms with Gasteiger partial charge >= 0.3 is 5.97 Å². The van der Waals surface area contributed by atoms with Crippen molar-refractivity contribution in [1.82, 2.24) is 0 Å². The normalized spacial score (nSPS) is 14.3. The SMILES string of the molecule is C=CC(N)C(C)(C)C(=O)O. The van der Waals surface area contributed by atoms with E-state index in [4.69, 9.17) is 10.8 Å². The highest BCUT2D eigenvalue weighted by Gasteiger charge is 2.32. The first-order valence-corrected chi connectivity index (χ1v) is 3.04. The van der Waals surface area contributed by atoms with Gasteiger partial charge in [-0.15, -0.1) is 6.58 Å². The van der Waals surface area contributed by atoms with Crippen LogP contribution in [0.25, 0.3) is 0 Å². The lowest BCUT2D eigenvalue weighted by Gasteiger charge is -2.23. The first-order chi connectivity index (χ1) is 4.42. The van der Waals surface area contributed by atoms with Crippen LogP contribution < -0.4 is 5.73 Å². The van der Waals surface area contributed by atoms with Gasteiger partial charge in [-0.25, -0.2) is 0 Å². The van der Waals surface area contributed by atoms with Crippen molar-refractivity contribution in [2.45, 2.75) is 19.9 Å². The molecule has 0 amide bonds. The van der Waals surface area contributed by atoms with E-state index in [0.29, 0.717) is 0 Å². The number of nitrogens with two attached hydrogens (primary N) is 1. The molecule has 0 aliphatic heterocycles. The van der Waals surface area contributed by atoms with Gasteiger partial charge < -0.3 is 10.8 Å². The lowest BCUT2D eigenvalue weighted by Crippen LogP contribution is -2.41. The maximum Gasteiger partial charge on any atom is 0.310 e. The molecule has 1 unspecified atom stereocenters. The van der Waals surface area contributed by atoms with Gasteiger partial charge in [0.15, 0.2) is 0 Å². The molecule has 3 heteroatoms. The zero-order valence-electron chi connectivity index (χ0n) is 6.29. The molecule has 0 radical (unpaired) electrons. The molecule has 0 saturated heterocycles. The number of rotatable bonds is 3. The summed E-state index contributed by atoms with van der Waals surface area (Å²) >= 11 is 0. The maximum absolute atomic E-state index is 10.5. The second-order valence-electron chi connectivity index (χ2n) is 2.79. The van der Waals surface area contributed by atoms with E-state index in [-0.39, 0.29) is 0 Å². The Kier molecular flexibility index (Phi) is 2.60. The summed E-state index contributed by atoms with van der Waals surface area (Å²) in [6, 6.07) is -0.495. The Bertz CT molecular complexity index is 152. The monoisotopic (exact) mass is 143 g/mol. The summed E-state index contributed by atoms with van der Waals surface area (Å²) in [5.74, 6) is -0.903. The molecule has 0 aliphatic rings. The molecule has 58 valence electrons. The molecule has 0 bridgehead atoms. The fourth-order valence-corrected chi connectivity index (χ4v) is 0.437. The number of carbonyl (C=O) groups is 1. The summed E-state index contributed by atoms with van der Waals surface area (Å²) < 4.78 is 0. The van der Waals surface area contributed by atoms with Crippen molar-refractivity contribution in [3.63, 3.8) is 0 Å². The van der Waals surface area contributed by atoms with Crippen molar-refractivity contribution in [3.8, 4) is 0 Å². The summed E-state index contributed by atoms with van der Waals surface area (Å²) in [6.45, 7) is 6.56. The third kappa shape index (κ3) is 1.57. The quantitative estimate of drug-likeness (QED) is 0.569. The predicted molar refractivity (Wildman–Crippen MR) is 39.6 cm³/mol. The summed E-state index contributed by atoms with van der Waals surface area (Å²) in [7, 11) is 0. The van der Waals surface area contributed by atoms with E-state index in [1.807, 2.05) is 0 Å². The Hall–Kier alpha value is -0.830. The van der Waals surface area contributed by atoms with Crippen molar-refractivity contribution < 1.29 is 9.90 Å².